The molecule has 4 N–H and O–H groups in total. The maximum absolute atomic E-state index is 12.4. The van der Waals surface area contributed by atoms with Crippen molar-refractivity contribution in [3.05, 3.63) is 23.8 Å². The summed E-state index contributed by atoms with van der Waals surface area (Å²) in [6.07, 6.45) is 4.64. The summed E-state index contributed by atoms with van der Waals surface area (Å²) in [6, 6.07) is 0. The molecule has 0 aromatic heterocycles. The number of fused-ring (bicyclic) bond motifs is 1. The predicted molar refractivity (Wildman–Crippen MR) is 111 cm³/mol. The first kappa shape index (κ1) is 24.6. The molecule has 0 unspecified atom stereocenters. The Morgan fingerprint density at radius 3 is 2.60 bits per heavy atom. The normalized spacial score (nSPS) is 31.3. The number of carboxylic acids is 1. The molecule has 0 amide bonds. The zero-order valence-electron chi connectivity index (χ0n) is 18.1. The molecule has 30 heavy (non-hydrogen) atoms. The van der Waals surface area contributed by atoms with Crippen LogP contribution in [0.25, 0.3) is 0 Å². The van der Waals surface area contributed by atoms with E-state index >= 15 is 0 Å². The number of aliphatic hydroxyl groups excluding tert-OH is 3. The second kappa shape index (κ2) is 11.1. The predicted octanol–water partition coefficient (Wildman–Crippen LogP) is 2.44. The molecule has 7 nitrogen and oxygen atoms in total. The van der Waals surface area contributed by atoms with Crippen LogP contribution in [0.2, 0.25) is 0 Å². The highest BCUT2D eigenvalue weighted by Gasteiger charge is 2.42. The van der Waals surface area contributed by atoms with Gasteiger partial charge in [0.15, 0.2) is 0 Å². The summed E-state index contributed by atoms with van der Waals surface area (Å²) < 4.78 is 5.84. The Morgan fingerprint density at radius 1 is 1.27 bits per heavy atom. The summed E-state index contributed by atoms with van der Waals surface area (Å²) in [5.41, 5.74) is 0.958. The van der Waals surface area contributed by atoms with Gasteiger partial charge in [-0.15, -0.1) is 0 Å². The number of esters is 1. The molecule has 0 saturated heterocycles. The van der Waals surface area contributed by atoms with Gasteiger partial charge < -0.3 is 25.2 Å². The summed E-state index contributed by atoms with van der Waals surface area (Å²) in [5.74, 6) is -1.31. The summed E-state index contributed by atoms with van der Waals surface area (Å²) in [5, 5.41) is 39.1. The lowest BCUT2D eigenvalue weighted by molar-refractivity contribution is -0.159. The molecule has 170 valence electrons. The number of aliphatic carboxylic acids is 1. The summed E-state index contributed by atoms with van der Waals surface area (Å²) in [6.45, 7) is 5.85. The Morgan fingerprint density at radius 2 is 1.97 bits per heavy atom. The zero-order chi connectivity index (χ0) is 22.4. The van der Waals surface area contributed by atoms with Crippen LogP contribution in [0.4, 0.5) is 0 Å². The van der Waals surface area contributed by atoms with Crippen LogP contribution in [0.1, 0.15) is 59.3 Å². The molecule has 2 aliphatic rings. The van der Waals surface area contributed by atoms with Gasteiger partial charge in [-0.2, -0.15) is 0 Å². The number of allylic oxidation sites excluding steroid dienone is 2. The van der Waals surface area contributed by atoms with E-state index in [4.69, 9.17) is 9.84 Å². The third-order valence-electron chi connectivity index (χ3n) is 6.44. The van der Waals surface area contributed by atoms with Crippen LogP contribution < -0.4 is 0 Å². The lowest BCUT2D eigenvalue weighted by Crippen LogP contribution is -2.43. The van der Waals surface area contributed by atoms with Crippen molar-refractivity contribution in [1.82, 2.24) is 0 Å². The fourth-order valence-corrected chi connectivity index (χ4v) is 4.52. The quantitative estimate of drug-likeness (QED) is 0.397. The number of carboxylic acid groups (broad SMARTS) is 1. The van der Waals surface area contributed by atoms with Crippen molar-refractivity contribution in [3.8, 4) is 0 Å². The Hall–Kier alpha value is -1.70. The second-order valence-electron chi connectivity index (χ2n) is 8.88. The number of aliphatic hydroxyl groups is 3. The molecular weight excluding hydrogens is 388 g/mol. The number of hydrogen-bond donors (Lipinski definition) is 4. The average Bonchev–Trinajstić information content (AvgIpc) is 2.65. The van der Waals surface area contributed by atoms with Crippen molar-refractivity contribution in [2.75, 3.05) is 0 Å². The third kappa shape index (κ3) is 6.65. The monoisotopic (exact) mass is 424 g/mol. The average molecular weight is 425 g/mol. The van der Waals surface area contributed by atoms with E-state index in [1.165, 1.54) is 0 Å². The minimum Gasteiger partial charge on any atom is -0.481 e. The van der Waals surface area contributed by atoms with E-state index in [-0.39, 0.29) is 42.5 Å². The number of rotatable bonds is 10. The van der Waals surface area contributed by atoms with E-state index in [9.17, 15) is 24.9 Å². The van der Waals surface area contributed by atoms with E-state index in [0.717, 1.165) is 5.57 Å². The lowest BCUT2D eigenvalue weighted by atomic mass is 9.66. The maximum Gasteiger partial charge on any atom is 0.308 e. The first-order valence-corrected chi connectivity index (χ1v) is 11.0. The minimum absolute atomic E-state index is 0.0156. The fourth-order valence-electron chi connectivity index (χ4n) is 4.52. The van der Waals surface area contributed by atoms with E-state index in [2.05, 4.69) is 13.0 Å². The number of ether oxygens (including phenoxy) is 1. The van der Waals surface area contributed by atoms with Gasteiger partial charge in [0.2, 0.25) is 0 Å². The highest BCUT2D eigenvalue weighted by atomic mass is 16.5. The van der Waals surface area contributed by atoms with Crippen molar-refractivity contribution in [3.63, 3.8) is 0 Å². The van der Waals surface area contributed by atoms with Gasteiger partial charge >= 0.3 is 11.9 Å². The van der Waals surface area contributed by atoms with Crippen molar-refractivity contribution in [2.45, 2.75) is 83.7 Å². The van der Waals surface area contributed by atoms with Crippen molar-refractivity contribution < 1.29 is 34.8 Å². The first-order valence-electron chi connectivity index (χ1n) is 11.0. The molecule has 0 aromatic rings. The lowest BCUT2D eigenvalue weighted by Gasteiger charge is -2.43. The van der Waals surface area contributed by atoms with Gasteiger partial charge in [0.25, 0.3) is 0 Å². The number of carbonyl (C=O) groups excluding carboxylic acids is 1. The Balaban J connectivity index is 2.09. The van der Waals surface area contributed by atoms with Gasteiger partial charge in [-0.05, 0) is 43.1 Å². The van der Waals surface area contributed by atoms with Crippen LogP contribution >= 0.6 is 0 Å². The Bertz CT molecular complexity index is 656. The molecule has 0 saturated carbocycles. The van der Waals surface area contributed by atoms with Gasteiger partial charge in [-0.25, -0.2) is 0 Å². The molecule has 2 aliphatic carbocycles. The van der Waals surface area contributed by atoms with Crippen LogP contribution in [0.3, 0.4) is 0 Å². The fraction of sp³-hybridized carbons (Fsp3) is 0.739. The molecule has 2 rings (SSSR count). The van der Waals surface area contributed by atoms with Crippen LogP contribution in [0.5, 0.6) is 0 Å². The summed E-state index contributed by atoms with van der Waals surface area (Å²) in [7, 11) is 0. The molecule has 0 bridgehead atoms. The molecule has 0 aromatic carbocycles. The van der Waals surface area contributed by atoms with Crippen molar-refractivity contribution in [1.29, 1.82) is 0 Å². The molecule has 8 atom stereocenters. The maximum atomic E-state index is 12.4. The molecule has 0 radical (unpaired) electrons. The third-order valence-corrected chi connectivity index (χ3v) is 6.44. The van der Waals surface area contributed by atoms with Gasteiger partial charge in [0.1, 0.15) is 6.10 Å². The SMILES string of the molecule is CC[C@@H](C)C(=O)O[C@H]1C[C@H](O)C=C2C=C[C@H](C)[C@H](CC[C@@H](O)C[C@@H](O)CC(=O)O)[C@@H]21. The molecule has 0 heterocycles. The minimum atomic E-state index is -1.10. The van der Waals surface area contributed by atoms with Crippen molar-refractivity contribution >= 4 is 11.9 Å². The summed E-state index contributed by atoms with van der Waals surface area (Å²) >= 11 is 0. The molecule has 0 aliphatic heterocycles. The van der Waals surface area contributed by atoms with E-state index in [1.54, 1.807) is 0 Å². The van der Waals surface area contributed by atoms with Crippen LogP contribution in [0, 0.1) is 23.7 Å². The zero-order valence-corrected chi connectivity index (χ0v) is 18.1. The van der Waals surface area contributed by atoms with Gasteiger partial charge in [0.05, 0.1) is 30.7 Å². The Kier molecular flexibility index (Phi) is 9.07. The van der Waals surface area contributed by atoms with Crippen LogP contribution in [-0.2, 0) is 14.3 Å². The number of carbonyl (C=O) groups is 2. The standard InChI is InChI=1S/C23H36O7/c1-4-13(2)23(29)30-20-11-17(25)9-15-6-5-14(3)19(22(15)20)8-7-16(24)10-18(26)12-21(27)28/h5-6,9,13-14,16-20,22,24-26H,4,7-8,10-12H2,1-3H3,(H,27,28)/t13-,14+,16-,17-,18-,19+,20+,22-/m1/s1. The number of hydrogen-bond acceptors (Lipinski definition) is 6. The van der Waals surface area contributed by atoms with Crippen LogP contribution in [0.15, 0.2) is 23.8 Å². The van der Waals surface area contributed by atoms with E-state index in [0.29, 0.717) is 25.7 Å². The van der Waals surface area contributed by atoms with Crippen LogP contribution in [-0.4, -0.2) is 56.8 Å². The summed E-state index contributed by atoms with van der Waals surface area (Å²) in [4.78, 5) is 23.1. The van der Waals surface area contributed by atoms with Gasteiger partial charge in [-0.3, -0.25) is 9.59 Å². The highest BCUT2D eigenvalue weighted by molar-refractivity contribution is 5.72. The molecule has 7 heteroatoms. The highest BCUT2D eigenvalue weighted by Crippen LogP contribution is 2.44. The van der Waals surface area contributed by atoms with Gasteiger partial charge in [-0.1, -0.05) is 39.0 Å². The first-order chi connectivity index (χ1) is 14.1. The van der Waals surface area contributed by atoms with Crippen molar-refractivity contribution in [2.24, 2.45) is 23.7 Å². The topological polar surface area (TPSA) is 124 Å². The molecule has 0 spiro atoms. The smallest absolute Gasteiger partial charge is 0.308 e. The molecule has 0 fully saturated rings. The Labute approximate surface area is 178 Å². The van der Waals surface area contributed by atoms with Gasteiger partial charge in [0, 0.05) is 12.3 Å². The van der Waals surface area contributed by atoms with E-state index in [1.807, 2.05) is 26.0 Å². The second-order valence-corrected chi connectivity index (χ2v) is 8.88. The van der Waals surface area contributed by atoms with E-state index < -0.39 is 30.4 Å². The largest absolute Gasteiger partial charge is 0.481 e. The molecular formula is C23H36O7.